The molecule has 1 atom stereocenters. The zero-order valence-electron chi connectivity index (χ0n) is 9.91. The number of aliphatic hydroxyl groups excluding tert-OH is 1. The van der Waals surface area contributed by atoms with Crippen molar-refractivity contribution >= 4 is 5.69 Å². The Balaban J connectivity index is 2.23. The first-order valence-corrected chi connectivity index (χ1v) is 5.92. The topological polar surface area (TPSA) is 72.6 Å². The number of nitro groups is 1. The molecule has 0 fully saturated rings. The summed E-state index contributed by atoms with van der Waals surface area (Å²) in [6.45, 7) is -0.218. The van der Waals surface area contributed by atoms with Gasteiger partial charge < -0.3 is 9.84 Å². The Kier molecular flexibility index (Phi) is 3.94. The van der Waals surface area contributed by atoms with Gasteiger partial charge in [-0.05, 0) is 37.0 Å². The fraction of sp³-hybridized carbons (Fsp3) is 0.385. The molecule has 0 saturated carbocycles. The van der Waals surface area contributed by atoms with Crippen molar-refractivity contribution in [2.75, 3.05) is 0 Å². The van der Waals surface area contributed by atoms with Crippen LogP contribution in [-0.4, -0.2) is 16.1 Å². The lowest BCUT2D eigenvalue weighted by Crippen LogP contribution is -2.16. The highest BCUT2D eigenvalue weighted by atomic mass is 16.6. The number of ether oxygens (including phenoxy) is 1. The number of allylic oxidation sites excluding steroid dienone is 1. The first-order valence-electron chi connectivity index (χ1n) is 5.92. The molecule has 0 aromatic heterocycles. The van der Waals surface area contributed by atoms with Gasteiger partial charge in [-0.15, -0.1) is 0 Å². The Bertz CT molecular complexity index is 470. The van der Waals surface area contributed by atoms with Crippen LogP contribution in [0.4, 0.5) is 5.69 Å². The van der Waals surface area contributed by atoms with E-state index in [4.69, 9.17) is 9.84 Å². The van der Waals surface area contributed by atoms with Gasteiger partial charge in [0.05, 0.1) is 11.5 Å². The standard InChI is InChI=1S/C13H15NO4/c15-9-10-6-7-13(12(8-10)14(16)17)18-11-4-2-1-3-5-11/h2,4,6-8,11,15H,1,3,5,9H2. The molecule has 1 aliphatic rings. The van der Waals surface area contributed by atoms with Crippen molar-refractivity contribution in [2.45, 2.75) is 32.0 Å². The van der Waals surface area contributed by atoms with Gasteiger partial charge in [0.2, 0.25) is 0 Å². The van der Waals surface area contributed by atoms with E-state index in [0.29, 0.717) is 5.56 Å². The van der Waals surface area contributed by atoms with E-state index < -0.39 is 4.92 Å². The molecule has 1 aliphatic carbocycles. The van der Waals surface area contributed by atoms with Gasteiger partial charge >= 0.3 is 5.69 Å². The van der Waals surface area contributed by atoms with Crippen LogP contribution in [0.15, 0.2) is 30.4 Å². The molecule has 2 rings (SSSR count). The molecule has 1 aromatic rings. The summed E-state index contributed by atoms with van der Waals surface area (Å²) >= 11 is 0. The summed E-state index contributed by atoms with van der Waals surface area (Å²) in [5.74, 6) is 0.258. The molecule has 0 aliphatic heterocycles. The molecule has 0 radical (unpaired) electrons. The van der Waals surface area contributed by atoms with Gasteiger partial charge in [-0.25, -0.2) is 0 Å². The van der Waals surface area contributed by atoms with Crippen LogP contribution in [0.3, 0.4) is 0 Å². The Labute approximate surface area is 105 Å². The van der Waals surface area contributed by atoms with Gasteiger partial charge in [-0.2, -0.15) is 0 Å². The quantitative estimate of drug-likeness (QED) is 0.505. The molecule has 96 valence electrons. The van der Waals surface area contributed by atoms with Crippen molar-refractivity contribution in [3.05, 3.63) is 46.0 Å². The molecule has 0 amide bonds. The highest BCUT2D eigenvalue weighted by molar-refractivity contribution is 5.48. The minimum atomic E-state index is -0.485. The molecule has 5 nitrogen and oxygen atoms in total. The minimum absolute atomic E-state index is 0.0967. The van der Waals surface area contributed by atoms with Crippen molar-refractivity contribution in [2.24, 2.45) is 0 Å². The van der Waals surface area contributed by atoms with Gasteiger partial charge in [-0.3, -0.25) is 10.1 Å². The number of rotatable bonds is 4. The van der Waals surface area contributed by atoms with E-state index in [1.165, 1.54) is 6.07 Å². The summed E-state index contributed by atoms with van der Waals surface area (Å²) in [6, 6.07) is 4.53. The van der Waals surface area contributed by atoms with E-state index in [2.05, 4.69) is 0 Å². The van der Waals surface area contributed by atoms with Crippen molar-refractivity contribution in [1.82, 2.24) is 0 Å². The summed E-state index contributed by atoms with van der Waals surface area (Å²) in [6.07, 6.45) is 6.80. The second-order valence-corrected chi connectivity index (χ2v) is 4.23. The average Bonchev–Trinajstić information content (AvgIpc) is 2.40. The fourth-order valence-corrected chi connectivity index (χ4v) is 1.95. The number of nitrogens with zero attached hydrogens (tertiary/aromatic N) is 1. The van der Waals surface area contributed by atoms with Crippen molar-refractivity contribution in [3.63, 3.8) is 0 Å². The van der Waals surface area contributed by atoms with E-state index in [1.54, 1.807) is 12.1 Å². The maximum Gasteiger partial charge on any atom is 0.311 e. The molecule has 0 heterocycles. The summed E-state index contributed by atoms with van der Waals surface area (Å²) < 4.78 is 5.64. The highest BCUT2D eigenvalue weighted by Gasteiger charge is 2.19. The third-order valence-electron chi connectivity index (χ3n) is 2.89. The molecule has 1 unspecified atom stereocenters. The average molecular weight is 249 g/mol. The molecule has 0 bridgehead atoms. The maximum atomic E-state index is 11.0. The Morgan fingerprint density at radius 2 is 2.33 bits per heavy atom. The van der Waals surface area contributed by atoms with Gasteiger partial charge in [0.1, 0.15) is 6.10 Å². The smallest absolute Gasteiger partial charge is 0.311 e. The van der Waals surface area contributed by atoms with E-state index in [1.807, 2.05) is 12.2 Å². The number of aliphatic hydroxyl groups is 1. The molecule has 0 saturated heterocycles. The van der Waals surface area contributed by atoms with Gasteiger partial charge in [-0.1, -0.05) is 12.1 Å². The summed E-state index contributed by atoms with van der Waals surface area (Å²) in [4.78, 5) is 10.5. The molecule has 0 spiro atoms. The van der Waals surface area contributed by atoms with Crippen molar-refractivity contribution in [1.29, 1.82) is 0 Å². The predicted octanol–water partition coefficient (Wildman–Crippen LogP) is 2.57. The number of nitro benzene ring substituents is 1. The van der Waals surface area contributed by atoms with Crippen LogP contribution >= 0.6 is 0 Å². The first kappa shape index (κ1) is 12.6. The molecule has 1 N–H and O–H groups in total. The number of hydrogen-bond acceptors (Lipinski definition) is 4. The minimum Gasteiger partial charge on any atom is -0.479 e. The van der Waals surface area contributed by atoms with Gasteiger partial charge in [0.25, 0.3) is 0 Å². The van der Waals surface area contributed by atoms with Crippen LogP contribution in [0.25, 0.3) is 0 Å². The monoisotopic (exact) mass is 249 g/mol. The zero-order chi connectivity index (χ0) is 13.0. The second kappa shape index (κ2) is 5.64. The normalized spacial score (nSPS) is 18.6. The summed E-state index contributed by atoms with van der Waals surface area (Å²) in [5.41, 5.74) is 0.411. The number of benzene rings is 1. The van der Waals surface area contributed by atoms with Crippen LogP contribution in [0.5, 0.6) is 5.75 Å². The molecular formula is C13H15NO4. The fourth-order valence-electron chi connectivity index (χ4n) is 1.95. The Hall–Kier alpha value is -1.88. The number of hydrogen-bond donors (Lipinski definition) is 1. The molecule has 5 heteroatoms. The van der Waals surface area contributed by atoms with E-state index in [9.17, 15) is 10.1 Å². The van der Waals surface area contributed by atoms with Crippen LogP contribution in [0, 0.1) is 10.1 Å². The lowest BCUT2D eigenvalue weighted by Gasteiger charge is -2.18. The van der Waals surface area contributed by atoms with E-state index in [0.717, 1.165) is 19.3 Å². The van der Waals surface area contributed by atoms with E-state index in [-0.39, 0.29) is 24.1 Å². The molecule has 1 aromatic carbocycles. The SMILES string of the molecule is O=[N+]([O-])c1cc(CO)ccc1OC1C=CCCC1. The predicted molar refractivity (Wildman–Crippen MR) is 66.4 cm³/mol. The highest BCUT2D eigenvalue weighted by Crippen LogP contribution is 2.30. The van der Waals surface area contributed by atoms with Gasteiger partial charge in [0, 0.05) is 6.07 Å². The Morgan fingerprint density at radius 3 is 2.94 bits per heavy atom. The first-order chi connectivity index (χ1) is 8.70. The third-order valence-corrected chi connectivity index (χ3v) is 2.89. The van der Waals surface area contributed by atoms with Crippen molar-refractivity contribution in [3.8, 4) is 5.75 Å². The zero-order valence-corrected chi connectivity index (χ0v) is 9.91. The summed E-state index contributed by atoms with van der Waals surface area (Å²) in [7, 11) is 0. The van der Waals surface area contributed by atoms with E-state index >= 15 is 0 Å². The van der Waals surface area contributed by atoms with Crippen molar-refractivity contribution < 1.29 is 14.8 Å². The lowest BCUT2D eigenvalue weighted by molar-refractivity contribution is -0.386. The molecule has 18 heavy (non-hydrogen) atoms. The third kappa shape index (κ3) is 2.87. The summed E-state index contributed by atoms with van der Waals surface area (Å²) in [5, 5.41) is 19.9. The Morgan fingerprint density at radius 1 is 1.50 bits per heavy atom. The van der Waals surface area contributed by atoms with Crippen LogP contribution < -0.4 is 4.74 Å². The van der Waals surface area contributed by atoms with Gasteiger partial charge in [0.15, 0.2) is 5.75 Å². The van der Waals surface area contributed by atoms with Crippen LogP contribution in [0.2, 0.25) is 0 Å². The molecular weight excluding hydrogens is 234 g/mol. The maximum absolute atomic E-state index is 11.0. The van der Waals surface area contributed by atoms with Crippen LogP contribution in [0.1, 0.15) is 24.8 Å². The van der Waals surface area contributed by atoms with Crippen LogP contribution in [-0.2, 0) is 6.61 Å². The second-order valence-electron chi connectivity index (χ2n) is 4.23. The lowest BCUT2D eigenvalue weighted by atomic mass is 10.1. The largest absolute Gasteiger partial charge is 0.479 e.